The van der Waals surface area contributed by atoms with Gasteiger partial charge in [0.25, 0.3) is 6.47 Å². The zero-order valence-corrected chi connectivity index (χ0v) is 15.8. The number of hydrogen-bond donors (Lipinski definition) is 0. The first kappa shape index (κ1) is 18.7. The minimum atomic E-state index is -0.111. The second kappa shape index (κ2) is 8.52. The second-order valence-electron chi connectivity index (χ2n) is 6.86. The van der Waals surface area contributed by atoms with Crippen LogP contribution in [0.2, 0.25) is 0 Å². The number of para-hydroxylation sites is 1. The average Bonchev–Trinajstić information content (AvgIpc) is 2.90. The van der Waals surface area contributed by atoms with E-state index in [1.54, 1.807) is 0 Å². The fourth-order valence-electron chi connectivity index (χ4n) is 3.44. The van der Waals surface area contributed by atoms with Crippen molar-refractivity contribution in [3.8, 4) is 0 Å². The van der Waals surface area contributed by atoms with Crippen molar-refractivity contribution in [2.75, 3.05) is 13.2 Å². The SMILES string of the molecule is CC1(C)C(/C=C/CC=NC2=CC=C[C+]=C2)=[N+](CCOC=O)c2ccccc21. The Hall–Kier alpha value is -3.10. The molecule has 0 unspecified atom stereocenters. The van der Waals surface area contributed by atoms with E-state index in [1.165, 1.54) is 17.0 Å². The summed E-state index contributed by atoms with van der Waals surface area (Å²) in [6.45, 7) is 5.93. The molecule has 27 heavy (non-hydrogen) atoms. The van der Waals surface area contributed by atoms with Gasteiger partial charge in [0.05, 0.1) is 11.5 Å². The predicted molar refractivity (Wildman–Crippen MR) is 109 cm³/mol. The third-order valence-electron chi connectivity index (χ3n) is 4.75. The van der Waals surface area contributed by atoms with E-state index in [0.717, 1.165) is 12.1 Å². The standard InChI is InChI=1S/C23H24N2O2/c1-23(2)20-12-6-7-13-21(20)25(16-17-27-18-26)22(23)14-8-9-15-24-19-10-4-3-5-11-19/h3-4,6-8,10-15,18H,9,16-17H2,1-2H3/q+2/b14-8+,24-15?. The number of benzene rings is 1. The van der Waals surface area contributed by atoms with E-state index in [2.05, 4.69) is 59.8 Å². The summed E-state index contributed by atoms with van der Waals surface area (Å²) < 4.78 is 7.17. The summed E-state index contributed by atoms with van der Waals surface area (Å²) in [5.41, 5.74) is 4.44. The van der Waals surface area contributed by atoms with Crippen molar-refractivity contribution in [2.24, 2.45) is 4.99 Å². The molecular weight excluding hydrogens is 336 g/mol. The molecule has 1 aliphatic carbocycles. The molecule has 1 heterocycles. The van der Waals surface area contributed by atoms with Crippen LogP contribution in [0.5, 0.6) is 0 Å². The predicted octanol–water partition coefficient (Wildman–Crippen LogP) is 4.07. The van der Waals surface area contributed by atoms with Crippen LogP contribution in [0.1, 0.15) is 25.8 Å². The van der Waals surface area contributed by atoms with Crippen LogP contribution in [-0.2, 0) is 14.9 Å². The lowest BCUT2D eigenvalue weighted by molar-refractivity contribution is -0.440. The molecule has 2 aliphatic rings. The lowest BCUT2D eigenvalue weighted by Gasteiger charge is -2.15. The molecule has 0 saturated carbocycles. The molecule has 4 nitrogen and oxygen atoms in total. The first-order valence-corrected chi connectivity index (χ1v) is 9.09. The van der Waals surface area contributed by atoms with Crippen LogP contribution < -0.4 is 0 Å². The maximum Gasteiger partial charge on any atom is 0.293 e. The zero-order valence-electron chi connectivity index (χ0n) is 15.8. The molecule has 1 aliphatic heterocycles. The molecular formula is C23H24N2O2+2. The Morgan fingerprint density at radius 2 is 2.15 bits per heavy atom. The summed E-state index contributed by atoms with van der Waals surface area (Å²) in [5, 5.41) is 0. The molecule has 0 saturated heterocycles. The monoisotopic (exact) mass is 360 g/mol. The van der Waals surface area contributed by atoms with E-state index in [0.29, 0.717) is 19.6 Å². The van der Waals surface area contributed by atoms with E-state index < -0.39 is 0 Å². The summed E-state index contributed by atoms with van der Waals surface area (Å²) in [6.07, 6.45) is 17.5. The zero-order chi connectivity index (χ0) is 19.1. The molecule has 0 N–H and O–H groups in total. The van der Waals surface area contributed by atoms with Crippen molar-refractivity contribution >= 4 is 24.1 Å². The Morgan fingerprint density at radius 3 is 2.93 bits per heavy atom. The van der Waals surface area contributed by atoms with E-state index in [-0.39, 0.29) is 5.41 Å². The van der Waals surface area contributed by atoms with Gasteiger partial charge in [-0.05, 0) is 13.8 Å². The Balaban J connectivity index is 1.79. The van der Waals surface area contributed by atoms with Crippen molar-refractivity contribution in [3.05, 3.63) is 78.1 Å². The first-order valence-electron chi connectivity index (χ1n) is 9.09. The number of aliphatic imine (C=N–C) groups is 1. The summed E-state index contributed by atoms with van der Waals surface area (Å²) in [7, 11) is 0. The lowest BCUT2D eigenvalue weighted by atomic mass is 9.81. The van der Waals surface area contributed by atoms with Crippen LogP contribution in [0.3, 0.4) is 0 Å². The molecule has 3 rings (SSSR count). The Labute approximate surface area is 160 Å². The summed E-state index contributed by atoms with van der Waals surface area (Å²) >= 11 is 0. The molecule has 0 bridgehead atoms. The van der Waals surface area contributed by atoms with Crippen LogP contribution in [0, 0.1) is 6.08 Å². The van der Waals surface area contributed by atoms with Crippen molar-refractivity contribution in [3.63, 3.8) is 0 Å². The van der Waals surface area contributed by atoms with Gasteiger partial charge < -0.3 is 4.74 Å². The number of carbonyl (C=O) groups excluding carboxylic acids is 1. The van der Waals surface area contributed by atoms with Crippen molar-refractivity contribution in [1.82, 2.24) is 0 Å². The van der Waals surface area contributed by atoms with Crippen molar-refractivity contribution in [2.45, 2.75) is 25.7 Å². The Bertz CT molecular complexity index is 883. The van der Waals surface area contributed by atoms with Crippen LogP contribution in [0.4, 0.5) is 5.69 Å². The number of carbonyl (C=O) groups is 1. The largest absolute Gasteiger partial charge is 0.461 e. The molecule has 1 aromatic rings. The van der Waals surface area contributed by atoms with Gasteiger partial charge in [0.1, 0.15) is 18.8 Å². The molecule has 0 atom stereocenters. The second-order valence-corrected chi connectivity index (χ2v) is 6.86. The number of ether oxygens (including phenoxy) is 1. The molecule has 1 aromatic carbocycles. The van der Waals surface area contributed by atoms with Crippen molar-refractivity contribution < 1.29 is 14.1 Å². The molecule has 136 valence electrons. The van der Waals surface area contributed by atoms with E-state index in [9.17, 15) is 4.79 Å². The molecule has 0 radical (unpaired) electrons. The van der Waals surface area contributed by atoms with Gasteiger partial charge in [-0.15, -0.1) is 0 Å². The molecule has 0 spiro atoms. The van der Waals surface area contributed by atoms with Gasteiger partial charge in [0, 0.05) is 42.5 Å². The summed E-state index contributed by atoms with van der Waals surface area (Å²) in [4.78, 5) is 15.0. The van der Waals surface area contributed by atoms with Crippen molar-refractivity contribution in [1.29, 1.82) is 0 Å². The van der Waals surface area contributed by atoms with Gasteiger partial charge in [-0.1, -0.05) is 24.3 Å². The summed E-state index contributed by atoms with van der Waals surface area (Å²) in [6, 6.07) is 8.39. The maximum absolute atomic E-state index is 10.5. The molecule has 4 heteroatoms. The molecule has 0 fully saturated rings. The Kier molecular flexibility index (Phi) is 5.90. The Morgan fingerprint density at radius 1 is 1.30 bits per heavy atom. The van der Waals surface area contributed by atoms with Gasteiger partial charge in [-0.3, -0.25) is 4.79 Å². The van der Waals surface area contributed by atoms with Crippen LogP contribution in [0.25, 0.3) is 0 Å². The third kappa shape index (κ3) is 4.18. The van der Waals surface area contributed by atoms with Gasteiger partial charge in [0.15, 0.2) is 18.0 Å². The smallest absolute Gasteiger partial charge is 0.293 e. The van der Waals surface area contributed by atoms with E-state index in [1.807, 2.05) is 36.6 Å². The van der Waals surface area contributed by atoms with Gasteiger partial charge in [-0.25, -0.2) is 0 Å². The highest BCUT2D eigenvalue weighted by molar-refractivity contribution is 6.03. The minimum Gasteiger partial charge on any atom is -0.461 e. The number of nitrogens with zero attached hydrogens (tertiary/aromatic N) is 2. The number of allylic oxidation sites excluding steroid dienone is 7. The number of hydrogen-bond acceptors (Lipinski definition) is 3. The maximum atomic E-state index is 10.5. The van der Waals surface area contributed by atoms with Gasteiger partial charge in [-0.2, -0.15) is 9.57 Å². The highest BCUT2D eigenvalue weighted by Crippen LogP contribution is 2.39. The quantitative estimate of drug-likeness (QED) is 0.231. The van der Waals surface area contributed by atoms with Gasteiger partial charge >= 0.3 is 0 Å². The first-order chi connectivity index (χ1) is 13.1. The van der Waals surface area contributed by atoms with Crippen LogP contribution in [0.15, 0.2) is 71.4 Å². The third-order valence-corrected chi connectivity index (χ3v) is 4.75. The molecule has 0 aromatic heterocycles. The fourth-order valence-corrected chi connectivity index (χ4v) is 3.44. The number of fused-ring (bicyclic) bond motifs is 1. The van der Waals surface area contributed by atoms with Gasteiger partial charge in [0.2, 0.25) is 5.69 Å². The molecule has 0 amide bonds. The fraction of sp³-hybridized carbons (Fsp3) is 0.261. The lowest BCUT2D eigenvalue weighted by Crippen LogP contribution is -2.28. The average molecular weight is 360 g/mol. The van der Waals surface area contributed by atoms with E-state index >= 15 is 0 Å². The number of rotatable bonds is 8. The van der Waals surface area contributed by atoms with Crippen LogP contribution in [-0.4, -0.2) is 36.1 Å². The van der Waals surface area contributed by atoms with Crippen LogP contribution >= 0.6 is 0 Å². The highest BCUT2D eigenvalue weighted by atomic mass is 16.5. The summed E-state index contributed by atoms with van der Waals surface area (Å²) in [5.74, 6) is 0. The normalized spacial score (nSPS) is 17.3. The minimum absolute atomic E-state index is 0.111. The topological polar surface area (TPSA) is 41.7 Å². The highest BCUT2D eigenvalue weighted by Gasteiger charge is 2.43. The van der Waals surface area contributed by atoms with E-state index in [4.69, 9.17) is 4.74 Å².